The second-order valence-electron chi connectivity index (χ2n) is 8.01. The molecule has 30 heavy (non-hydrogen) atoms. The van der Waals surface area contributed by atoms with Crippen molar-refractivity contribution in [3.63, 3.8) is 0 Å². The lowest BCUT2D eigenvalue weighted by atomic mass is 10.1. The number of nitrogens with one attached hydrogen (secondary N) is 1. The van der Waals surface area contributed by atoms with Crippen molar-refractivity contribution in [1.29, 1.82) is 0 Å². The number of hydrogen-bond acceptors (Lipinski definition) is 6. The smallest absolute Gasteiger partial charge is 0.161 e. The molecular formula is C24H35N3O3. The molecule has 0 bridgehead atoms. The van der Waals surface area contributed by atoms with Crippen LogP contribution in [0.2, 0.25) is 0 Å². The second kappa shape index (κ2) is 11.9. The summed E-state index contributed by atoms with van der Waals surface area (Å²) in [5.74, 6) is 1.36. The summed E-state index contributed by atoms with van der Waals surface area (Å²) in [4.78, 5) is 6.85. The predicted molar refractivity (Wildman–Crippen MR) is 119 cm³/mol. The second-order valence-corrected chi connectivity index (χ2v) is 8.01. The minimum absolute atomic E-state index is 0.267. The Morgan fingerprint density at radius 1 is 1.13 bits per heavy atom. The lowest BCUT2D eigenvalue weighted by Crippen LogP contribution is -2.38. The number of rotatable bonds is 11. The first-order valence-electron chi connectivity index (χ1n) is 11.0. The van der Waals surface area contributed by atoms with Crippen LogP contribution in [0.15, 0.2) is 36.4 Å². The number of benzene rings is 1. The van der Waals surface area contributed by atoms with Gasteiger partial charge in [-0.25, -0.2) is 0 Å². The first-order chi connectivity index (χ1) is 14.6. The number of nitrogens with zero attached hydrogens (tertiary/aromatic N) is 2. The Bertz CT molecular complexity index is 778. The van der Waals surface area contributed by atoms with Crippen LogP contribution in [0.25, 0.3) is 0 Å². The number of aromatic nitrogens is 1. The maximum atomic E-state index is 10.4. The molecule has 3 rings (SSSR count). The van der Waals surface area contributed by atoms with Gasteiger partial charge >= 0.3 is 0 Å². The van der Waals surface area contributed by atoms with Gasteiger partial charge < -0.3 is 24.8 Å². The number of methoxy groups -OCH3 is 1. The molecule has 1 aliphatic rings. The van der Waals surface area contributed by atoms with Crippen LogP contribution in [0.4, 0.5) is 0 Å². The van der Waals surface area contributed by atoms with E-state index in [4.69, 9.17) is 9.47 Å². The zero-order valence-electron chi connectivity index (χ0n) is 18.3. The van der Waals surface area contributed by atoms with Crippen molar-refractivity contribution in [2.24, 2.45) is 0 Å². The van der Waals surface area contributed by atoms with Crippen molar-refractivity contribution in [1.82, 2.24) is 15.2 Å². The molecule has 0 amide bonds. The molecule has 1 aromatic carbocycles. The summed E-state index contributed by atoms with van der Waals surface area (Å²) in [6, 6.07) is 12.1. The number of aliphatic hydroxyl groups excluding tert-OH is 1. The molecule has 2 aromatic rings. The maximum absolute atomic E-state index is 10.4. The molecule has 0 radical (unpaired) electrons. The third-order valence-electron chi connectivity index (χ3n) is 5.41. The summed E-state index contributed by atoms with van der Waals surface area (Å²) in [6.07, 6.45) is 4.12. The van der Waals surface area contributed by atoms with Gasteiger partial charge in [0, 0.05) is 37.4 Å². The monoisotopic (exact) mass is 413 g/mol. The highest BCUT2D eigenvalue weighted by Gasteiger charge is 2.16. The minimum Gasteiger partial charge on any atom is -0.493 e. The fourth-order valence-corrected chi connectivity index (χ4v) is 3.81. The fourth-order valence-electron chi connectivity index (χ4n) is 3.81. The first kappa shape index (κ1) is 22.5. The van der Waals surface area contributed by atoms with Crippen molar-refractivity contribution in [2.75, 3.05) is 39.9 Å². The molecular weight excluding hydrogens is 378 g/mol. The number of pyridine rings is 1. The Labute approximate surface area is 180 Å². The van der Waals surface area contributed by atoms with E-state index in [1.54, 1.807) is 7.11 Å². The lowest BCUT2D eigenvalue weighted by molar-refractivity contribution is 0.0608. The van der Waals surface area contributed by atoms with E-state index in [0.717, 1.165) is 49.6 Å². The van der Waals surface area contributed by atoms with Crippen LogP contribution >= 0.6 is 0 Å². The van der Waals surface area contributed by atoms with Crippen molar-refractivity contribution in [2.45, 2.75) is 45.3 Å². The number of aryl methyl sites for hydroxylation is 1. The molecule has 1 fully saturated rings. The lowest BCUT2D eigenvalue weighted by Gasteiger charge is -2.28. The number of β-amino-alcohol motifs (C(OH)–C–C–N with tert-alkyl or cyclic N) is 1. The summed E-state index contributed by atoms with van der Waals surface area (Å²) < 4.78 is 11.4. The molecule has 1 saturated heterocycles. The van der Waals surface area contributed by atoms with E-state index in [-0.39, 0.29) is 6.61 Å². The van der Waals surface area contributed by atoms with E-state index < -0.39 is 6.10 Å². The van der Waals surface area contributed by atoms with Gasteiger partial charge in [-0.15, -0.1) is 0 Å². The summed E-state index contributed by atoms with van der Waals surface area (Å²) in [5, 5.41) is 13.8. The third-order valence-corrected chi connectivity index (χ3v) is 5.41. The van der Waals surface area contributed by atoms with E-state index in [9.17, 15) is 5.11 Å². The number of piperidine rings is 1. The van der Waals surface area contributed by atoms with Crippen LogP contribution < -0.4 is 14.8 Å². The van der Waals surface area contributed by atoms with Gasteiger partial charge in [0.2, 0.25) is 0 Å². The van der Waals surface area contributed by atoms with E-state index >= 15 is 0 Å². The topological polar surface area (TPSA) is 66.8 Å². The quantitative estimate of drug-likeness (QED) is 0.552. The first-order valence-corrected chi connectivity index (χ1v) is 11.0. The highest BCUT2D eigenvalue weighted by Crippen LogP contribution is 2.28. The van der Waals surface area contributed by atoms with Gasteiger partial charge in [0.1, 0.15) is 12.7 Å². The molecule has 0 saturated carbocycles. The molecule has 164 valence electrons. The molecule has 1 aromatic heterocycles. The van der Waals surface area contributed by atoms with Gasteiger partial charge in [0.25, 0.3) is 0 Å². The van der Waals surface area contributed by atoms with E-state index in [2.05, 4.69) is 21.3 Å². The van der Waals surface area contributed by atoms with Crippen molar-refractivity contribution < 1.29 is 14.6 Å². The van der Waals surface area contributed by atoms with Gasteiger partial charge in [-0.3, -0.25) is 4.98 Å². The Morgan fingerprint density at radius 2 is 1.97 bits per heavy atom. The van der Waals surface area contributed by atoms with E-state index in [1.165, 1.54) is 19.3 Å². The normalized spacial score (nSPS) is 15.7. The van der Waals surface area contributed by atoms with Gasteiger partial charge in [-0.1, -0.05) is 18.6 Å². The summed E-state index contributed by atoms with van der Waals surface area (Å²) >= 11 is 0. The van der Waals surface area contributed by atoms with Crippen LogP contribution in [-0.2, 0) is 13.0 Å². The highest BCUT2D eigenvalue weighted by molar-refractivity contribution is 5.43. The van der Waals surface area contributed by atoms with E-state index in [0.29, 0.717) is 18.0 Å². The average Bonchev–Trinajstić information content (AvgIpc) is 2.76. The Balaban J connectivity index is 1.46. The number of likely N-dealkylation sites (tertiary alicyclic amines) is 1. The average molecular weight is 414 g/mol. The molecule has 0 spiro atoms. The Morgan fingerprint density at radius 3 is 2.73 bits per heavy atom. The number of ether oxygens (including phenoxy) is 2. The highest BCUT2D eigenvalue weighted by atomic mass is 16.5. The fraction of sp³-hybridized carbons (Fsp3) is 0.542. The van der Waals surface area contributed by atoms with Crippen LogP contribution in [0.3, 0.4) is 0 Å². The zero-order valence-corrected chi connectivity index (χ0v) is 18.3. The zero-order chi connectivity index (χ0) is 21.2. The molecule has 0 aliphatic carbocycles. The van der Waals surface area contributed by atoms with Crippen LogP contribution in [-0.4, -0.2) is 61.0 Å². The molecule has 2 heterocycles. The maximum Gasteiger partial charge on any atom is 0.161 e. The summed E-state index contributed by atoms with van der Waals surface area (Å²) in [5.41, 5.74) is 3.27. The molecule has 6 nitrogen and oxygen atoms in total. The number of hydrogen-bond donors (Lipinski definition) is 2. The third kappa shape index (κ3) is 7.27. The summed E-state index contributed by atoms with van der Waals surface area (Å²) in [7, 11) is 1.64. The molecule has 1 aliphatic heterocycles. The van der Waals surface area contributed by atoms with Crippen LogP contribution in [0, 0.1) is 6.92 Å². The Hall–Kier alpha value is -2.15. The van der Waals surface area contributed by atoms with Crippen molar-refractivity contribution in [3.8, 4) is 11.5 Å². The van der Waals surface area contributed by atoms with Crippen molar-refractivity contribution in [3.05, 3.63) is 53.3 Å². The van der Waals surface area contributed by atoms with Gasteiger partial charge in [-0.05, 0) is 62.7 Å². The largest absolute Gasteiger partial charge is 0.493 e. The Kier molecular flexibility index (Phi) is 8.93. The SMILES string of the molecule is COc1ccc(CNCCc2cccc(C)n2)cc1OC[C@H](O)CN1CCCCC1. The molecule has 2 N–H and O–H groups in total. The van der Waals surface area contributed by atoms with Gasteiger partial charge in [-0.2, -0.15) is 0 Å². The minimum atomic E-state index is -0.503. The van der Waals surface area contributed by atoms with Gasteiger partial charge in [0.05, 0.1) is 7.11 Å². The molecule has 1 atom stereocenters. The number of aliphatic hydroxyl groups is 1. The molecule has 0 unspecified atom stereocenters. The predicted octanol–water partition coefficient (Wildman–Crippen LogP) is 2.96. The summed E-state index contributed by atoms with van der Waals surface area (Å²) in [6.45, 7) is 6.67. The van der Waals surface area contributed by atoms with Crippen LogP contribution in [0.5, 0.6) is 11.5 Å². The molecule has 6 heteroatoms. The standard InChI is InChI=1S/C24H35N3O3/c1-19-7-6-8-21(26-19)11-12-25-16-20-9-10-23(29-2)24(15-20)30-18-22(28)17-27-13-4-3-5-14-27/h6-10,15,22,25,28H,3-5,11-14,16-18H2,1-2H3/t22-/m1/s1. The van der Waals surface area contributed by atoms with Crippen molar-refractivity contribution >= 4 is 0 Å². The van der Waals surface area contributed by atoms with E-state index in [1.807, 2.05) is 37.3 Å². The van der Waals surface area contributed by atoms with Gasteiger partial charge in [0.15, 0.2) is 11.5 Å². The van der Waals surface area contributed by atoms with Crippen LogP contribution in [0.1, 0.15) is 36.2 Å².